The molecule has 13 heavy (non-hydrogen) atoms. The van der Waals surface area contributed by atoms with Crippen LogP contribution in [-0.2, 0) is 4.74 Å². The van der Waals surface area contributed by atoms with E-state index < -0.39 is 5.60 Å². The highest BCUT2D eigenvalue weighted by Crippen LogP contribution is 2.35. The fourth-order valence-electron chi connectivity index (χ4n) is 2.38. The van der Waals surface area contributed by atoms with Crippen molar-refractivity contribution in [1.82, 2.24) is 0 Å². The Morgan fingerprint density at radius 3 is 2.46 bits per heavy atom. The lowest BCUT2D eigenvalue weighted by Crippen LogP contribution is -2.46. The van der Waals surface area contributed by atoms with E-state index in [1.54, 1.807) is 0 Å². The summed E-state index contributed by atoms with van der Waals surface area (Å²) in [6, 6.07) is 0. The SMILES string of the molecule is CC(C)C[C@]1(O)CCOC(C)(C)C1. The lowest BCUT2D eigenvalue weighted by molar-refractivity contribution is -0.149. The molecule has 0 unspecified atom stereocenters. The van der Waals surface area contributed by atoms with Gasteiger partial charge in [-0.05, 0) is 32.6 Å². The van der Waals surface area contributed by atoms with E-state index in [9.17, 15) is 5.11 Å². The fraction of sp³-hybridized carbons (Fsp3) is 1.00. The second-order valence-corrected chi connectivity index (χ2v) is 5.36. The van der Waals surface area contributed by atoms with Crippen LogP contribution in [0.25, 0.3) is 0 Å². The highest BCUT2D eigenvalue weighted by molar-refractivity contribution is 4.90. The van der Waals surface area contributed by atoms with Gasteiger partial charge in [0.05, 0.1) is 17.8 Å². The standard InChI is InChI=1S/C11H22O2/c1-9(2)7-11(12)5-6-13-10(3,4)8-11/h9,12H,5-8H2,1-4H3/t11-/m1/s1. The van der Waals surface area contributed by atoms with Crippen LogP contribution < -0.4 is 0 Å². The second-order valence-electron chi connectivity index (χ2n) is 5.36. The third-order valence-corrected chi connectivity index (χ3v) is 2.60. The van der Waals surface area contributed by atoms with Gasteiger partial charge in [-0.15, -0.1) is 0 Å². The molecule has 0 saturated carbocycles. The van der Waals surface area contributed by atoms with E-state index in [2.05, 4.69) is 27.7 Å². The summed E-state index contributed by atoms with van der Waals surface area (Å²) < 4.78 is 5.58. The van der Waals surface area contributed by atoms with E-state index in [1.165, 1.54) is 0 Å². The van der Waals surface area contributed by atoms with Gasteiger partial charge in [-0.1, -0.05) is 13.8 Å². The summed E-state index contributed by atoms with van der Waals surface area (Å²) in [5, 5.41) is 10.3. The molecule has 1 saturated heterocycles. The first-order valence-corrected chi connectivity index (χ1v) is 5.19. The molecule has 0 radical (unpaired) electrons. The number of hydrogen-bond acceptors (Lipinski definition) is 2. The third-order valence-electron chi connectivity index (χ3n) is 2.60. The first kappa shape index (κ1) is 11.0. The topological polar surface area (TPSA) is 29.5 Å². The predicted molar refractivity (Wildman–Crippen MR) is 53.7 cm³/mol. The molecule has 0 spiro atoms. The van der Waals surface area contributed by atoms with Gasteiger partial charge in [0, 0.05) is 6.42 Å². The Morgan fingerprint density at radius 1 is 1.38 bits per heavy atom. The van der Waals surface area contributed by atoms with Crippen molar-refractivity contribution in [3.05, 3.63) is 0 Å². The summed E-state index contributed by atoms with van der Waals surface area (Å²) in [6.07, 6.45) is 2.44. The molecule has 2 heteroatoms. The van der Waals surface area contributed by atoms with Crippen molar-refractivity contribution in [1.29, 1.82) is 0 Å². The number of hydrogen-bond donors (Lipinski definition) is 1. The molecule has 1 heterocycles. The fourth-order valence-corrected chi connectivity index (χ4v) is 2.38. The van der Waals surface area contributed by atoms with Gasteiger partial charge in [0.15, 0.2) is 0 Å². The molecule has 1 atom stereocenters. The minimum atomic E-state index is -0.490. The Bertz CT molecular complexity index is 175. The number of ether oxygens (including phenoxy) is 1. The van der Waals surface area contributed by atoms with Crippen LogP contribution in [0.4, 0.5) is 0 Å². The summed E-state index contributed by atoms with van der Waals surface area (Å²) in [5.74, 6) is 0.555. The van der Waals surface area contributed by atoms with E-state index in [-0.39, 0.29) is 5.60 Å². The third kappa shape index (κ3) is 3.28. The molecule has 2 nitrogen and oxygen atoms in total. The van der Waals surface area contributed by atoms with Crippen molar-refractivity contribution in [3.63, 3.8) is 0 Å². The van der Waals surface area contributed by atoms with E-state index in [1.807, 2.05) is 0 Å². The van der Waals surface area contributed by atoms with Gasteiger partial charge in [-0.2, -0.15) is 0 Å². The molecule has 1 aliphatic heterocycles. The van der Waals surface area contributed by atoms with Crippen molar-refractivity contribution in [2.45, 2.75) is 58.2 Å². The van der Waals surface area contributed by atoms with Crippen molar-refractivity contribution in [2.24, 2.45) is 5.92 Å². The lowest BCUT2D eigenvalue weighted by Gasteiger charge is -2.42. The van der Waals surface area contributed by atoms with Gasteiger partial charge in [0.2, 0.25) is 0 Å². The molecule has 1 rings (SSSR count). The Labute approximate surface area is 81.3 Å². The summed E-state index contributed by atoms with van der Waals surface area (Å²) in [4.78, 5) is 0. The van der Waals surface area contributed by atoms with E-state index in [0.29, 0.717) is 12.5 Å². The zero-order chi connectivity index (χ0) is 10.1. The van der Waals surface area contributed by atoms with Crippen molar-refractivity contribution < 1.29 is 9.84 Å². The van der Waals surface area contributed by atoms with Gasteiger partial charge in [0.1, 0.15) is 0 Å². The molecule has 0 bridgehead atoms. The van der Waals surface area contributed by atoms with Crippen LogP contribution >= 0.6 is 0 Å². The molecule has 1 fully saturated rings. The molecular formula is C11H22O2. The van der Waals surface area contributed by atoms with Crippen LogP contribution in [0, 0.1) is 5.92 Å². The van der Waals surface area contributed by atoms with Crippen molar-refractivity contribution in [2.75, 3.05) is 6.61 Å². The van der Waals surface area contributed by atoms with E-state index >= 15 is 0 Å². The average Bonchev–Trinajstić information content (AvgIpc) is 1.79. The smallest absolute Gasteiger partial charge is 0.0699 e. The normalized spacial score (nSPS) is 33.7. The van der Waals surface area contributed by atoms with E-state index in [4.69, 9.17) is 4.74 Å². The van der Waals surface area contributed by atoms with Crippen LogP contribution in [0.3, 0.4) is 0 Å². The van der Waals surface area contributed by atoms with Gasteiger partial charge >= 0.3 is 0 Å². The zero-order valence-electron chi connectivity index (χ0n) is 9.26. The Hall–Kier alpha value is -0.0800. The average molecular weight is 186 g/mol. The van der Waals surface area contributed by atoms with Crippen molar-refractivity contribution in [3.8, 4) is 0 Å². The van der Waals surface area contributed by atoms with Gasteiger partial charge in [-0.25, -0.2) is 0 Å². The first-order chi connectivity index (χ1) is 5.83. The van der Waals surface area contributed by atoms with Gasteiger partial charge < -0.3 is 9.84 Å². The molecule has 78 valence electrons. The summed E-state index contributed by atoms with van der Waals surface area (Å²) in [7, 11) is 0. The van der Waals surface area contributed by atoms with Crippen LogP contribution in [0.1, 0.15) is 47.0 Å². The predicted octanol–water partition coefficient (Wildman–Crippen LogP) is 2.35. The maximum absolute atomic E-state index is 10.3. The minimum absolute atomic E-state index is 0.151. The largest absolute Gasteiger partial charge is 0.390 e. The summed E-state index contributed by atoms with van der Waals surface area (Å²) in [5.41, 5.74) is -0.641. The van der Waals surface area contributed by atoms with Crippen molar-refractivity contribution >= 4 is 0 Å². The first-order valence-electron chi connectivity index (χ1n) is 5.19. The van der Waals surface area contributed by atoms with Crippen LogP contribution in [0.2, 0.25) is 0 Å². The Morgan fingerprint density at radius 2 is 2.00 bits per heavy atom. The maximum atomic E-state index is 10.3. The lowest BCUT2D eigenvalue weighted by atomic mass is 9.79. The molecule has 0 aromatic rings. The zero-order valence-corrected chi connectivity index (χ0v) is 9.26. The molecule has 1 N–H and O–H groups in total. The highest BCUT2D eigenvalue weighted by Gasteiger charge is 2.39. The summed E-state index contributed by atoms with van der Waals surface area (Å²) in [6.45, 7) is 9.10. The second kappa shape index (κ2) is 3.58. The van der Waals surface area contributed by atoms with Crippen LogP contribution in [0.5, 0.6) is 0 Å². The number of aliphatic hydroxyl groups is 1. The minimum Gasteiger partial charge on any atom is -0.390 e. The Kier molecular flexibility index (Phi) is 3.03. The Balaban J connectivity index is 2.58. The molecule has 0 amide bonds. The highest BCUT2D eigenvalue weighted by atomic mass is 16.5. The molecule has 0 aromatic heterocycles. The number of rotatable bonds is 2. The molecular weight excluding hydrogens is 164 g/mol. The quantitative estimate of drug-likeness (QED) is 0.717. The van der Waals surface area contributed by atoms with Gasteiger partial charge in [-0.3, -0.25) is 0 Å². The maximum Gasteiger partial charge on any atom is 0.0699 e. The summed E-state index contributed by atoms with van der Waals surface area (Å²) >= 11 is 0. The molecule has 0 aromatic carbocycles. The molecule has 0 aliphatic carbocycles. The molecule has 1 aliphatic rings. The van der Waals surface area contributed by atoms with Crippen LogP contribution in [0.15, 0.2) is 0 Å². The van der Waals surface area contributed by atoms with Crippen LogP contribution in [-0.4, -0.2) is 22.9 Å². The monoisotopic (exact) mass is 186 g/mol. The van der Waals surface area contributed by atoms with Gasteiger partial charge in [0.25, 0.3) is 0 Å². The van der Waals surface area contributed by atoms with E-state index in [0.717, 1.165) is 19.3 Å².